The van der Waals surface area contributed by atoms with Gasteiger partial charge >= 0.3 is 0 Å². The van der Waals surface area contributed by atoms with Gasteiger partial charge in [-0.05, 0) is 121 Å². The molecule has 280 valence electrons. The Hall–Kier alpha value is -7.16. The van der Waals surface area contributed by atoms with Crippen LogP contribution < -0.4 is 4.90 Å². The fourth-order valence-corrected chi connectivity index (χ4v) is 10.5. The molecule has 9 aromatic carbocycles. The number of para-hydroxylation sites is 1. The summed E-state index contributed by atoms with van der Waals surface area (Å²) in [4.78, 5) is 2.63. The van der Waals surface area contributed by atoms with Crippen LogP contribution in [-0.4, -0.2) is 10.6 Å². The largest absolute Gasteiger partial charge is 0.334 e. The minimum absolute atomic E-state index is 0.0729. The Bertz CT molecular complexity index is 3250. The van der Waals surface area contributed by atoms with E-state index in [0.717, 1.165) is 0 Å². The fraction of sp³-hybridized carbons (Fsp3) is 0.0877. The van der Waals surface area contributed by atoms with Crippen LogP contribution in [-0.2, 0) is 5.41 Å². The highest BCUT2D eigenvalue weighted by Crippen LogP contribution is 2.54. The number of anilines is 2. The van der Waals surface area contributed by atoms with Crippen molar-refractivity contribution in [3.63, 3.8) is 0 Å². The van der Waals surface area contributed by atoms with Crippen molar-refractivity contribution in [2.45, 2.75) is 25.3 Å². The summed E-state index contributed by atoms with van der Waals surface area (Å²) in [5.74, 6) is 0.227. The topological polar surface area (TPSA) is 8.17 Å². The molecule has 0 amide bonds. The molecule has 2 heteroatoms. The Kier molecular flexibility index (Phi) is 7.43. The average Bonchev–Trinajstić information content (AvgIpc) is 3.62. The van der Waals surface area contributed by atoms with Crippen LogP contribution in [0.15, 0.2) is 206 Å². The van der Waals surface area contributed by atoms with Crippen molar-refractivity contribution in [3.05, 3.63) is 212 Å². The van der Waals surface area contributed by atoms with Crippen LogP contribution >= 0.6 is 0 Å². The normalized spacial score (nSPS) is 17.1. The van der Waals surface area contributed by atoms with Crippen LogP contribution in [0.3, 0.4) is 0 Å². The summed E-state index contributed by atoms with van der Waals surface area (Å²) in [6.45, 7) is 4.92. The molecule has 0 radical (unpaired) electrons. The number of rotatable bonds is 4. The summed E-state index contributed by atoms with van der Waals surface area (Å²) in [7, 11) is 0. The van der Waals surface area contributed by atoms with Crippen LogP contribution in [0.5, 0.6) is 0 Å². The van der Waals surface area contributed by atoms with Gasteiger partial charge in [0.05, 0.1) is 17.1 Å². The zero-order valence-electron chi connectivity index (χ0n) is 33.2. The molecule has 2 aliphatic rings. The lowest BCUT2D eigenvalue weighted by Crippen LogP contribution is -2.50. The quantitative estimate of drug-likeness (QED) is 0.162. The predicted molar refractivity (Wildman–Crippen MR) is 252 cm³/mol. The molecule has 59 heavy (non-hydrogen) atoms. The lowest BCUT2D eigenvalue weighted by molar-refractivity contribution is 0.333. The SMILES string of the molecule is CC1(C)c2cc3c4ccccc4c4ccccc4c3cc2N(c2ccccc2)C2C=C(n3c4ccc(-c5ccccc5)cc4c4cc(-c5ccccc5)ccc43)C=CC21. The van der Waals surface area contributed by atoms with Crippen molar-refractivity contribution >= 4 is 71.2 Å². The number of hydrogen-bond acceptors (Lipinski definition) is 1. The monoisotopic (exact) mass is 754 g/mol. The van der Waals surface area contributed by atoms with Gasteiger partial charge in [0.2, 0.25) is 0 Å². The molecular weight excluding hydrogens is 713 g/mol. The van der Waals surface area contributed by atoms with E-state index in [-0.39, 0.29) is 17.4 Å². The molecule has 10 aromatic rings. The lowest BCUT2D eigenvalue weighted by atomic mass is 9.64. The summed E-state index contributed by atoms with van der Waals surface area (Å²) in [5.41, 5.74) is 12.2. The molecule has 0 saturated carbocycles. The first-order valence-electron chi connectivity index (χ1n) is 20.8. The van der Waals surface area contributed by atoms with Crippen molar-refractivity contribution in [2.24, 2.45) is 5.92 Å². The highest BCUT2D eigenvalue weighted by molar-refractivity contribution is 6.26. The smallest absolute Gasteiger partial charge is 0.0616 e. The minimum Gasteiger partial charge on any atom is -0.334 e. The molecule has 2 unspecified atom stereocenters. The summed E-state index contributed by atoms with van der Waals surface area (Å²) in [6.07, 6.45) is 7.46. The number of fused-ring (bicyclic) bond motifs is 11. The van der Waals surface area contributed by atoms with Gasteiger partial charge in [-0.2, -0.15) is 0 Å². The molecule has 0 saturated heterocycles. The van der Waals surface area contributed by atoms with E-state index in [9.17, 15) is 0 Å². The summed E-state index contributed by atoms with van der Waals surface area (Å²) in [6, 6.07) is 69.6. The lowest BCUT2D eigenvalue weighted by Gasteiger charge is -2.51. The molecule has 12 rings (SSSR count). The predicted octanol–water partition coefficient (Wildman–Crippen LogP) is 15.1. The van der Waals surface area contributed by atoms with E-state index in [0.29, 0.717) is 0 Å². The van der Waals surface area contributed by atoms with Gasteiger partial charge in [-0.15, -0.1) is 0 Å². The van der Waals surface area contributed by atoms with Crippen LogP contribution in [0.2, 0.25) is 0 Å². The number of allylic oxidation sites excluding steroid dienone is 2. The van der Waals surface area contributed by atoms with Crippen molar-refractivity contribution in [2.75, 3.05) is 4.90 Å². The van der Waals surface area contributed by atoms with E-state index in [2.05, 4.69) is 230 Å². The second kappa shape index (κ2) is 12.9. The average molecular weight is 755 g/mol. The highest BCUT2D eigenvalue weighted by Gasteiger charge is 2.46. The van der Waals surface area contributed by atoms with Crippen molar-refractivity contribution in [3.8, 4) is 22.3 Å². The Morgan fingerprint density at radius 3 is 1.44 bits per heavy atom. The first-order chi connectivity index (χ1) is 29.0. The Balaban J connectivity index is 1.10. The van der Waals surface area contributed by atoms with Gasteiger partial charge in [0.25, 0.3) is 0 Å². The third kappa shape index (κ3) is 5.12. The van der Waals surface area contributed by atoms with Gasteiger partial charge in [0.1, 0.15) is 0 Å². The van der Waals surface area contributed by atoms with Gasteiger partial charge in [-0.3, -0.25) is 0 Å². The van der Waals surface area contributed by atoms with Crippen LogP contribution in [0.1, 0.15) is 19.4 Å². The second-order valence-electron chi connectivity index (χ2n) is 16.9. The maximum atomic E-state index is 2.63. The van der Waals surface area contributed by atoms with Gasteiger partial charge in [0.15, 0.2) is 0 Å². The molecule has 2 heterocycles. The standard InChI is InChI=1S/C57H42N2/c1-57(2)51-29-28-42(59-53-30-26-39(37-16-6-3-7-17-37)32-49(53)50-33-40(27-31-54(50)59)38-18-8-4-9-19-38)34-55(51)58(41-20-10-5-11-21-41)56-36-48-46-25-15-13-23-44(46)43-22-12-14-24-45(43)47(48)35-52(56)57/h3-36,51,55H,1-2H3. The minimum atomic E-state index is -0.152. The zero-order chi connectivity index (χ0) is 39.2. The maximum absolute atomic E-state index is 2.63. The van der Waals surface area contributed by atoms with E-state index in [4.69, 9.17) is 0 Å². The summed E-state index contributed by atoms with van der Waals surface area (Å²) < 4.78 is 2.51. The zero-order valence-corrected chi connectivity index (χ0v) is 33.2. The van der Waals surface area contributed by atoms with E-state index in [1.165, 1.54) is 99.0 Å². The van der Waals surface area contributed by atoms with Gasteiger partial charge in [0, 0.05) is 39.2 Å². The molecule has 0 spiro atoms. The van der Waals surface area contributed by atoms with Crippen molar-refractivity contribution in [1.82, 2.24) is 4.57 Å². The van der Waals surface area contributed by atoms with Gasteiger partial charge in [-0.25, -0.2) is 0 Å². The number of benzene rings is 9. The molecule has 0 bridgehead atoms. The van der Waals surface area contributed by atoms with Crippen molar-refractivity contribution < 1.29 is 0 Å². The van der Waals surface area contributed by atoms with Gasteiger partial charge in [-0.1, -0.05) is 159 Å². The van der Waals surface area contributed by atoms with Gasteiger partial charge < -0.3 is 9.47 Å². The number of aromatic nitrogens is 1. The van der Waals surface area contributed by atoms with E-state index in [1.807, 2.05) is 0 Å². The first kappa shape index (κ1) is 33.9. The van der Waals surface area contributed by atoms with E-state index in [1.54, 1.807) is 0 Å². The summed E-state index contributed by atoms with van der Waals surface area (Å²) in [5, 5.41) is 10.4. The number of hydrogen-bond donors (Lipinski definition) is 0. The molecule has 2 atom stereocenters. The molecule has 1 aromatic heterocycles. The fourth-order valence-electron chi connectivity index (χ4n) is 10.5. The molecule has 0 fully saturated rings. The molecule has 1 aliphatic carbocycles. The third-order valence-electron chi connectivity index (χ3n) is 13.4. The second-order valence-corrected chi connectivity index (χ2v) is 16.9. The van der Waals surface area contributed by atoms with Crippen LogP contribution in [0.4, 0.5) is 11.4 Å². The summed E-state index contributed by atoms with van der Waals surface area (Å²) >= 11 is 0. The molecule has 1 aliphatic heterocycles. The maximum Gasteiger partial charge on any atom is 0.0616 e. The molecule has 2 nitrogen and oxygen atoms in total. The van der Waals surface area contributed by atoms with E-state index < -0.39 is 0 Å². The molecule has 0 N–H and O–H groups in total. The first-order valence-corrected chi connectivity index (χ1v) is 20.8. The Morgan fingerprint density at radius 2 is 0.898 bits per heavy atom. The van der Waals surface area contributed by atoms with E-state index >= 15 is 0 Å². The highest BCUT2D eigenvalue weighted by atomic mass is 15.2. The third-order valence-corrected chi connectivity index (χ3v) is 13.4. The Morgan fingerprint density at radius 1 is 0.424 bits per heavy atom. The van der Waals surface area contributed by atoms with Crippen LogP contribution in [0, 0.1) is 5.92 Å². The Labute approximate surface area is 344 Å². The van der Waals surface area contributed by atoms with Crippen LogP contribution in [0.25, 0.3) is 82.1 Å². The van der Waals surface area contributed by atoms with Crippen molar-refractivity contribution in [1.29, 1.82) is 0 Å². The molecular formula is C57H42N2. The number of nitrogens with zero attached hydrogens (tertiary/aromatic N) is 2.